The largest absolute Gasteiger partial charge is 0.506 e. The number of carboxylic acid groups (broad SMARTS) is 1. The summed E-state index contributed by atoms with van der Waals surface area (Å²) in [4.78, 5) is 32.2. The van der Waals surface area contributed by atoms with Crippen molar-refractivity contribution in [3.63, 3.8) is 0 Å². The van der Waals surface area contributed by atoms with E-state index < -0.39 is 17.9 Å². The number of aliphatic carboxylic acids is 1. The smallest absolute Gasteiger partial charge is 0.330 e. The SMILES string of the molecule is O=C(Cc1csc(-c2ncc(Br)cc2O)n1)N[C@H](C(=O)O)c1ccccc1. The number of hydrogen-bond acceptors (Lipinski definition) is 6. The molecule has 27 heavy (non-hydrogen) atoms. The first kappa shape index (κ1) is 19.0. The number of hydrogen-bond donors (Lipinski definition) is 3. The highest BCUT2D eigenvalue weighted by Crippen LogP contribution is 2.31. The quantitative estimate of drug-likeness (QED) is 0.534. The molecule has 0 aliphatic heterocycles. The maximum Gasteiger partial charge on any atom is 0.330 e. The van der Waals surface area contributed by atoms with Gasteiger partial charge in [0.2, 0.25) is 5.91 Å². The lowest BCUT2D eigenvalue weighted by atomic mass is 10.1. The first-order valence-electron chi connectivity index (χ1n) is 7.80. The van der Waals surface area contributed by atoms with Gasteiger partial charge in [-0.05, 0) is 27.6 Å². The van der Waals surface area contributed by atoms with Crippen molar-refractivity contribution in [2.75, 3.05) is 0 Å². The molecule has 0 radical (unpaired) electrons. The first-order valence-corrected chi connectivity index (χ1v) is 9.47. The fraction of sp³-hybridized carbons (Fsp3) is 0.111. The zero-order valence-corrected chi connectivity index (χ0v) is 16.2. The van der Waals surface area contributed by atoms with E-state index in [1.165, 1.54) is 17.4 Å². The van der Waals surface area contributed by atoms with Gasteiger partial charge in [-0.3, -0.25) is 4.79 Å². The molecule has 3 rings (SSSR count). The second kappa shape index (κ2) is 8.28. The molecule has 2 aromatic heterocycles. The van der Waals surface area contributed by atoms with E-state index in [2.05, 4.69) is 31.2 Å². The molecule has 0 bridgehead atoms. The summed E-state index contributed by atoms with van der Waals surface area (Å²) >= 11 is 4.46. The monoisotopic (exact) mass is 447 g/mol. The number of benzene rings is 1. The Balaban J connectivity index is 1.71. The predicted molar refractivity (Wildman–Crippen MR) is 103 cm³/mol. The summed E-state index contributed by atoms with van der Waals surface area (Å²) in [5.41, 5.74) is 1.28. The molecule has 0 saturated heterocycles. The lowest BCUT2D eigenvalue weighted by Gasteiger charge is -2.14. The second-order valence-electron chi connectivity index (χ2n) is 5.59. The van der Waals surface area contributed by atoms with Gasteiger partial charge < -0.3 is 15.5 Å². The number of pyridine rings is 1. The van der Waals surface area contributed by atoms with E-state index >= 15 is 0 Å². The Morgan fingerprint density at radius 1 is 1.26 bits per heavy atom. The average Bonchev–Trinajstić information content (AvgIpc) is 3.08. The van der Waals surface area contributed by atoms with E-state index in [1.54, 1.807) is 41.9 Å². The average molecular weight is 448 g/mol. The van der Waals surface area contributed by atoms with Crippen molar-refractivity contribution in [2.24, 2.45) is 0 Å². The minimum absolute atomic E-state index is 0.0234. The summed E-state index contributed by atoms with van der Waals surface area (Å²) in [6.45, 7) is 0. The summed E-state index contributed by atoms with van der Waals surface area (Å²) in [6, 6.07) is 8.85. The fourth-order valence-electron chi connectivity index (χ4n) is 2.40. The van der Waals surface area contributed by atoms with Gasteiger partial charge in [0.15, 0.2) is 6.04 Å². The van der Waals surface area contributed by atoms with Gasteiger partial charge >= 0.3 is 5.97 Å². The van der Waals surface area contributed by atoms with E-state index in [4.69, 9.17) is 0 Å². The number of aromatic nitrogens is 2. The van der Waals surface area contributed by atoms with E-state index in [0.29, 0.717) is 26.4 Å². The molecule has 138 valence electrons. The molecular weight excluding hydrogens is 434 g/mol. The Labute approximate surface area is 166 Å². The van der Waals surface area contributed by atoms with Gasteiger partial charge in [-0.1, -0.05) is 30.3 Å². The Morgan fingerprint density at radius 3 is 2.67 bits per heavy atom. The van der Waals surface area contributed by atoms with Gasteiger partial charge in [0, 0.05) is 16.0 Å². The Morgan fingerprint density at radius 2 is 2.00 bits per heavy atom. The van der Waals surface area contributed by atoms with Gasteiger partial charge in [0.25, 0.3) is 0 Å². The zero-order valence-electron chi connectivity index (χ0n) is 13.8. The third kappa shape index (κ3) is 4.69. The molecule has 0 unspecified atom stereocenters. The van der Waals surface area contributed by atoms with Gasteiger partial charge in [-0.25, -0.2) is 14.8 Å². The zero-order chi connectivity index (χ0) is 19.4. The van der Waals surface area contributed by atoms with Crippen LogP contribution in [0.15, 0.2) is 52.4 Å². The highest BCUT2D eigenvalue weighted by atomic mass is 79.9. The van der Waals surface area contributed by atoms with Crippen LogP contribution in [0.2, 0.25) is 0 Å². The second-order valence-corrected chi connectivity index (χ2v) is 7.37. The fourth-order valence-corrected chi connectivity index (χ4v) is 3.54. The summed E-state index contributed by atoms with van der Waals surface area (Å²) in [7, 11) is 0. The topological polar surface area (TPSA) is 112 Å². The molecule has 7 nitrogen and oxygen atoms in total. The van der Waals surface area contributed by atoms with Crippen LogP contribution in [-0.2, 0) is 16.0 Å². The van der Waals surface area contributed by atoms with Gasteiger partial charge in [-0.15, -0.1) is 11.3 Å². The lowest BCUT2D eigenvalue weighted by Crippen LogP contribution is -2.34. The minimum Gasteiger partial charge on any atom is -0.506 e. The number of aromatic hydroxyl groups is 1. The summed E-state index contributed by atoms with van der Waals surface area (Å²) in [6.07, 6.45) is 1.46. The molecule has 3 aromatic rings. The van der Waals surface area contributed by atoms with Crippen molar-refractivity contribution in [1.82, 2.24) is 15.3 Å². The van der Waals surface area contributed by atoms with Crippen LogP contribution in [0.4, 0.5) is 0 Å². The van der Waals surface area contributed by atoms with Crippen LogP contribution in [0.1, 0.15) is 17.3 Å². The number of thiazole rings is 1. The van der Waals surface area contributed by atoms with Crippen LogP contribution < -0.4 is 5.32 Å². The summed E-state index contributed by atoms with van der Waals surface area (Å²) in [5.74, 6) is -1.63. The molecule has 0 fully saturated rings. The normalized spacial score (nSPS) is 11.7. The third-order valence-corrected chi connectivity index (χ3v) is 4.95. The van der Waals surface area contributed by atoms with Crippen LogP contribution in [0.5, 0.6) is 5.75 Å². The third-order valence-electron chi connectivity index (χ3n) is 3.62. The lowest BCUT2D eigenvalue weighted by molar-refractivity contribution is -0.142. The number of carbonyl (C=O) groups excluding carboxylic acids is 1. The first-order chi connectivity index (χ1) is 12.9. The van der Waals surface area contributed by atoms with E-state index in [9.17, 15) is 19.8 Å². The van der Waals surface area contributed by atoms with E-state index in [0.717, 1.165) is 0 Å². The van der Waals surface area contributed by atoms with Crippen LogP contribution in [0.25, 0.3) is 10.7 Å². The van der Waals surface area contributed by atoms with Crippen molar-refractivity contribution in [2.45, 2.75) is 12.5 Å². The van der Waals surface area contributed by atoms with Gasteiger partial charge in [0.1, 0.15) is 16.5 Å². The summed E-state index contributed by atoms with van der Waals surface area (Å²) < 4.78 is 0.639. The number of halogens is 1. The summed E-state index contributed by atoms with van der Waals surface area (Å²) in [5, 5.41) is 24.0. The maximum absolute atomic E-state index is 12.3. The number of carbonyl (C=O) groups is 2. The Bertz CT molecular complexity index is 978. The predicted octanol–water partition coefficient (Wildman–Crippen LogP) is 3.16. The molecule has 1 amide bonds. The van der Waals surface area contributed by atoms with Crippen LogP contribution in [0, 0.1) is 0 Å². The highest BCUT2D eigenvalue weighted by Gasteiger charge is 2.22. The van der Waals surface area contributed by atoms with Gasteiger partial charge in [-0.2, -0.15) is 0 Å². The molecule has 1 aromatic carbocycles. The number of nitrogens with zero attached hydrogens (tertiary/aromatic N) is 2. The molecule has 0 aliphatic carbocycles. The van der Waals surface area contributed by atoms with Crippen LogP contribution in [-0.4, -0.2) is 32.1 Å². The number of rotatable bonds is 6. The molecule has 0 aliphatic rings. The molecule has 3 N–H and O–H groups in total. The molecule has 2 heterocycles. The van der Waals surface area contributed by atoms with E-state index in [-0.39, 0.29) is 12.2 Å². The van der Waals surface area contributed by atoms with E-state index in [1.807, 2.05) is 0 Å². The van der Waals surface area contributed by atoms with Crippen molar-refractivity contribution in [1.29, 1.82) is 0 Å². The standard InChI is InChI=1S/C18H14BrN3O4S/c19-11-6-13(23)16(20-8-11)17-21-12(9-27-17)7-14(24)22-15(18(25)26)10-4-2-1-3-5-10/h1-6,8-9,15,23H,7H2,(H,22,24)(H,25,26)/t15-/m0/s1. The van der Waals surface area contributed by atoms with Gasteiger partial charge in [0.05, 0.1) is 12.1 Å². The number of nitrogens with one attached hydrogen (secondary N) is 1. The van der Waals surface area contributed by atoms with Crippen molar-refractivity contribution in [3.8, 4) is 16.5 Å². The highest BCUT2D eigenvalue weighted by molar-refractivity contribution is 9.10. The number of carboxylic acids is 1. The minimum atomic E-state index is -1.14. The molecule has 9 heteroatoms. The maximum atomic E-state index is 12.3. The number of amides is 1. The molecule has 1 atom stereocenters. The van der Waals surface area contributed by atoms with Crippen molar-refractivity contribution >= 4 is 39.1 Å². The van der Waals surface area contributed by atoms with Crippen molar-refractivity contribution in [3.05, 3.63) is 63.7 Å². The van der Waals surface area contributed by atoms with Crippen LogP contribution >= 0.6 is 27.3 Å². The molecule has 0 spiro atoms. The molecular formula is C18H14BrN3O4S. The van der Waals surface area contributed by atoms with Crippen molar-refractivity contribution < 1.29 is 19.8 Å². The Hall–Kier alpha value is -2.78. The molecule has 0 saturated carbocycles. The van der Waals surface area contributed by atoms with Crippen LogP contribution in [0.3, 0.4) is 0 Å². The Kier molecular flexibility index (Phi) is 5.82.